The molecule has 0 aliphatic rings. The van der Waals surface area contributed by atoms with Crippen LogP contribution >= 0.6 is 11.6 Å². The Balaban J connectivity index is 1.78. The third-order valence-corrected chi connectivity index (χ3v) is 3.00. The fraction of sp³-hybridized carbons (Fsp3) is 0.118. The number of rotatable bonds is 3. The van der Waals surface area contributed by atoms with Crippen LogP contribution in [0.5, 0.6) is 0 Å². The molecule has 1 N–H and O–H groups in total. The van der Waals surface area contributed by atoms with Crippen LogP contribution in [0.25, 0.3) is 0 Å². The van der Waals surface area contributed by atoms with Crippen LogP contribution in [0.1, 0.15) is 11.1 Å². The number of carbonyl (C=O) groups is 1. The van der Waals surface area contributed by atoms with E-state index < -0.39 is 11.9 Å². The zero-order valence-corrected chi connectivity index (χ0v) is 12.4. The molecular formula is C17H13ClFNO2. The van der Waals surface area contributed by atoms with Crippen LogP contribution in [-0.2, 0) is 11.3 Å². The molecule has 5 heteroatoms. The van der Waals surface area contributed by atoms with Crippen LogP contribution in [0.15, 0.2) is 48.5 Å². The summed E-state index contributed by atoms with van der Waals surface area (Å²) in [5.74, 6) is 4.68. The largest absolute Gasteiger partial charge is 0.445 e. The Morgan fingerprint density at radius 3 is 2.73 bits per heavy atom. The zero-order chi connectivity index (χ0) is 15.8. The Labute approximate surface area is 133 Å². The van der Waals surface area contributed by atoms with Crippen molar-refractivity contribution in [3.63, 3.8) is 0 Å². The topological polar surface area (TPSA) is 38.3 Å². The van der Waals surface area contributed by atoms with Crippen molar-refractivity contribution < 1.29 is 13.9 Å². The first-order valence-corrected chi connectivity index (χ1v) is 6.92. The third-order valence-electron chi connectivity index (χ3n) is 2.71. The van der Waals surface area contributed by atoms with Gasteiger partial charge in [0.2, 0.25) is 0 Å². The number of hydrogen-bond donors (Lipinski definition) is 1. The van der Waals surface area contributed by atoms with Gasteiger partial charge in [0.15, 0.2) is 5.82 Å². The molecule has 0 heterocycles. The number of amides is 1. The quantitative estimate of drug-likeness (QED) is 0.875. The molecule has 0 atom stereocenters. The van der Waals surface area contributed by atoms with Gasteiger partial charge in [-0.3, -0.25) is 0 Å². The van der Waals surface area contributed by atoms with Crippen molar-refractivity contribution in [1.82, 2.24) is 5.32 Å². The van der Waals surface area contributed by atoms with E-state index in [-0.39, 0.29) is 23.7 Å². The normalized spacial score (nSPS) is 9.55. The molecule has 0 radical (unpaired) electrons. The molecule has 1 amide bonds. The number of ether oxygens (including phenoxy) is 1. The lowest BCUT2D eigenvalue weighted by Gasteiger charge is -2.04. The number of alkyl carbamates (subject to hydrolysis) is 1. The first-order chi connectivity index (χ1) is 10.7. The van der Waals surface area contributed by atoms with Crippen LogP contribution in [-0.4, -0.2) is 12.6 Å². The van der Waals surface area contributed by atoms with Crippen molar-refractivity contribution in [3.05, 3.63) is 70.5 Å². The third kappa shape index (κ3) is 4.80. The summed E-state index contributed by atoms with van der Waals surface area (Å²) in [7, 11) is 0. The second-order valence-electron chi connectivity index (χ2n) is 4.32. The number of nitrogens with one attached hydrogen (secondary N) is 1. The highest BCUT2D eigenvalue weighted by Crippen LogP contribution is 2.16. The summed E-state index contributed by atoms with van der Waals surface area (Å²) in [6, 6.07) is 13.9. The number of benzene rings is 2. The van der Waals surface area contributed by atoms with Crippen molar-refractivity contribution in [2.24, 2.45) is 0 Å². The van der Waals surface area contributed by atoms with Crippen LogP contribution in [0.2, 0.25) is 5.02 Å². The Hall–Kier alpha value is -2.51. The van der Waals surface area contributed by atoms with Gasteiger partial charge in [0.25, 0.3) is 0 Å². The van der Waals surface area contributed by atoms with E-state index in [9.17, 15) is 9.18 Å². The molecule has 2 rings (SSSR count). The SMILES string of the molecule is O=C(NCC#Cc1cccc(Cl)c1F)OCc1ccccc1. The summed E-state index contributed by atoms with van der Waals surface area (Å²) in [5.41, 5.74) is 1.08. The lowest BCUT2D eigenvalue weighted by Crippen LogP contribution is -2.24. The zero-order valence-electron chi connectivity index (χ0n) is 11.6. The summed E-state index contributed by atoms with van der Waals surface area (Å²) in [6.07, 6.45) is -0.579. The second-order valence-corrected chi connectivity index (χ2v) is 4.73. The summed E-state index contributed by atoms with van der Waals surface area (Å²) >= 11 is 5.64. The molecule has 0 spiro atoms. The molecule has 0 aromatic heterocycles. The molecule has 0 saturated heterocycles. The molecule has 2 aromatic carbocycles. The maximum absolute atomic E-state index is 13.5. The minimum absolute atomic E-state index is 0.0158. The molecular weight excluding hydrogens is 305 g/mol. The van der Waals surface area contributed by atoms with Crippen LogP contribution in [0.3, 0.4) is 0 Å². The summed E-state index contributed by atoms with van der Waals surface area (Å²) in [5, 5.41) is 2.48. The first-order valence-electron chi connectivity index (χ1n) is 6.54. The van der Waals surface area contributed by atoms with Crippen LogP contribution in [0.4, 0.5) is 9.18 Å². The number of carbonyl (C=O) groups excluding carboxylic acids is 1. The van der Waals surface area contributed by atoms with E-state index in [4.69, 9.17) is 16.3 Å². The van der Waals surface area contributed by atoms with Crippen molar-refractivity contribution in [2.45, 2.75) is 6.61 Å². The maximum Gasteiger partial charge on any atom is 0.408 e. The van der Waals surface area contributed by atoms with E-state index in [1.54, 1.807) is 6.07 Å². The minimum Gasteiger partial charge on any atom is -0.445 e. The summed E-state index contributed by atoms with van der Waals surface area (Å²) in [4.78, 5) is 11.5. The van der Waals surface area contributed by atoms with Crippen molar-refractivity contribution in [3.8, 4) is 11.8 Å². The molecule has 3 nitrogen and oxygen atoms in total. The first kappa shape index (κ1) is 15.9. The fourth-order valence-corrected chi connectivity index (χ4v) is 1.80. The van der Waals surface area contributed by atoms with Gasteiger partial charge in [-0.2, -0.15) is 0 Å². The van der Waals surface area contributed by atoms with Gasteiger partial charge < -0.3 is 10.1 Å². The van der Waals surface area contributed by atoms with Gasteiger partial charge >= 0.3 is 6.09 Å². The predicted molar refractivity (Wildman–Crippen MR) is 82.9 cm³/mol. The van der Waals surface area contributed by atoms with E-state index in [1.807, 2.05) is 30.3 Å². The molecule has 22 heavy (non-hydrogen) atoms. The predicted octanol–water partition coefficient (Wildman–Crippen LogP) is 3.76. The molecule has 0 aliphatic carbocycles. The number of hydrogen-bond acceptors (Lipinski definition) is 2. The highest BCUT2D eigenvalue weighted by atomic mass is 35.5. The summed E-state index contributed by atoms with van der Waals surface area (Å²) < 4.78 is 18.6. The molecule has 0 aliphatic heterocycles. The van der Waals surface area contributed by atoms with Gasteiger partial charge in [-0.15, -0.1) is 0 Å². The fourth-order valence-electron chi connectivity index (χ4n) is 1.63. The number of halogens is 2. The Bertz CT molecular complexity index is 708. The van der Waals surface area contributed by atoms with Gasteiger partial charge in [-0.1, -0.05) is 59.8 Å². The Morgan fingerprint density at radius 2 is 1.95 bits per heavy atom. The molecule has 112 valence electrons. The lowest BCUT2D eigenvalue weighted by atomic mass is 10.2. The van der Waals surface area contributed by atoms with E-state index in [2.05, 4.69) is 17.2 Å². The maximum atomic E-state index is 13.5. The van der Waals surface area contributed by atoms with E-state index in [0.29, 0.717) is 0 Å². The molecule has 0 fully saturated rings. The summed E-state index contributed by atoms with van der Waals surface area (Å²) in [6.45, 7) is 0.239. The van der Waals surface area contributed by atoms with E-state index in [1.165, 1.54) is 12.1 Å². The molecule has 0 saturated carbocycles. The Kier molecular flexibility index (Phi) is 5.81. The monoisotopic (exact) mass is 317 g/mol. The smallest absolute Gasteiger partial charge is 0.408 e. The Morgan fingerprint density at radius 1 is 1.18 bits per heavy atom. The van der Waals surface area contributed by atoms with Gasteiger partial charge in [-0.05, 0) is 17.7 Å². The molecule has 2 aromatic rings. The van der Waals surface area contributed by atoms with Crippen molar-refractivity contribution in [1.29, 1.82) is 0 Å². The highest BCUT2D eigenvalue weighted by Gasteiger charge is 2.03. The van der Waals surface area contributed by atoms with Gasteiger partial charge in [0.05, 0.1) is 17.1 Å². The van der Waals surface area contributed by atoms with Crippen LogP contribution < -0.4 is 5.32 Å². The van der Waals surface area contributed by atoms with Crippen molar-refractivity contribution in [2.75, 3.05) is 6.54 Å². The van der Waals surface area contributed by atoms with E-state index in [0.717, 1.165) is 5.56 Å². The average Bonchev–Trinajstić information content (AvgIpc) is 2.54. The second kappa shape index (κ2) is 8.06. The average molecular weight is 318 g/mol. The molecule has 0 bridgehead atoms. The van der Waals surface area contributed by atoms with Crippen LogP contribution in [0, 0.1) is 17.7 Å². The van der Waals surface area contributed by atoms with E-state index >= 15 is 0 Å². The van der Waals surface area contributed by atoms with Gasteiger partial charge in [-0.25, -0.2) is 9.18 Å². The van der Waals surface area contributed by atoms with Gasteiger partial charge in [0, 0.05) is 0 Å². The standard InChI is InChI=1S/C17H13ClFNO2/c18-15-10-4-8-14(16(15)19)9-5-11-20-17(21)22-12-13-6-2-1-3-7-13/h1-4,6-8,10H,11-12H2,(H,20,21). The minimum atomic E-state index is -0.579. The molecule has 0 unspecified atom stereocenters. The van der Waals surface area contributed by atoms with Gasteiger partial charge in [0.1, 0.15) is 6.61 Å². The lowest BCUT2D eigenvalue weighted by molar-refractivity contribution is 0.141. The van der Waals surface area contributed by atoms with Crippen molar-refractivity contribution >= 4 is 17.7 Å². The highest BCUT2D eigenvalue weighted by molar-refractivity contribution is 6.30.